The molecule has 0 amide bonds. The predicted octanol–water partition coefficient (Wildman–Crippen LogP) is 2.11. The van der Waals surface area contributed by atoms with Crippen LogP contribution in [0.25, 0.3) is 0 Å². The van der Waals surface area contributed by atoms with Crippen molar-refractivity contribution in [2.75, 3.05) is 0 Å². The molecule has 0 aliphatic heterocycles. The molecule has 1 aromatic carbocycles. The number of esters is 1. The van der Waals surface area contributed by atoms with E-state index in [1.807, 2.05) is 6.92 Å². The Bertz CT molecular complexity index is 756. The molecule has 5 heteroatoms. The third-order valence-corrected chi connectivity index (χ3v) is 6.81. The first-order valence-corrected chi connectivity index (χ1v) is 9.02. The van der Waals surface area contributed by atoms with Gasteiger partial charge in [0.2, 0.25) is 0 Å². The van der Waals surface area contributed by atoms with Gasteiger partial charge in [-0.25, -0.2) is 0 Å². The van der Waals surface area contributed by atoms with Crippen LogP contribution < -0.4 is 4.74 Å². The topological polar surface area (TPSA) is 83.8 Å². The lowest BCUT2D eigenvalue weighted by Crippen LogP contribution is -2.59. The summed E-state index contributed by atoms with van der Waals surface area (Å²) in [4.78, 5) is 23.6. The molecule has 4 rings (SSSR count). The van der Waals surface area contributed by atoms with Gasteiger partial charge < -0.3 is 14.9 Å². The number of ether oxygens (including phenoxy) is 1. The van der Waals surface area contributed by atoms with E-state index in [-0.39, 0.29) is 23.6 Å². The number of fused-ring (bicyclic) bond motifs is 5. The minimum absolute atomic E-state index is 0.106. The summed E-state index contributed by atoms with van der Waals surface area (Å²) in [6, 6.07) is 5.22. The highest BCUT2D eigenvalue weighted by Crippen LogP contribution is 2.61. The zero-order valence-corrected chi connectivity index (χ0v) is 14.6. The van der Waals surface area contributed by atoms with E-state index in [0.717, 1.165) is 24.8 Å². The van der Waals surface area contributed by atoms with Gasteiger partial charge in [-0.15, -0.1) is 0 Å². The molecule has 0 bridgehead atoms. The van der Waals surface area contributed by atoms with Gasteiger partial charge in [-0.1, -0.05) is 13.0 Å². The molecule has 1 aromatic rings. The van der Waals surface area contributed by atoms with Crippen molar-refractivity contribution < 1.29 is 24.5 Å². The first-order valence-electron chi connectivity index (χ1n) is 9.02. The number of hydrogen-bond acceptors (Lipinski definition) is 5. The van der Waals surface area contributed by atoms with E-state index in [9.17, 15) is 19.8 Å². The van der Waals surface area contributed by atoms with E-state index in [1.165, 1.54) is 6.92 Å². The quantitative estimate of drug-likeness (QED) is 0.602. The summed E-state index contributed by atoms with van der Waals surface area (Å²) < 4.78 is 5.15. The highest BCUT2D eigenvalue weighted by molar-refractivity contribution is 5.87. The van der Waals surface area contributed by atoms with Crippen LogP contribution in [-0.4, -0.2) is 28.1 Å². The van der Waals surface area contributed by atoms with Gasteiger partial charge in [-0.2, -0.15) is 0 Å². The molecule has 0 saturated heterocycles. The Labute approximate surface area is 147 Å². The maximum absolute atomic E-state index is 12.4. The first kappa shape index (κ1) is 16.7. The van der Waals surface area contributed by atoms with E-state index in [2.05, 4.69) is 0 Å². The van der Waals surface area contributed by atoms with Crippen molar-refractivity contribution in [3.8, 4) is 5.75 Å². The normalized spacial score (nSPS) is 39.4. The second kappa shape index (κ2) is 5.39. The molecule has 3 aliphatic carbocycles. The summed E-state index contributed by atoms with van der Waals surface area (Å²) in [7, 11) is 0. The van der Waals surface area contributed by atoms with Gasteiger partial charge in [0.25, 0.3) is 0 Å². The van der Waals surface area contributed by atoms with Crippen LogP contribution in [0.4, 0.5) is 0 Å². The molecule has 0 aromatic heterocycles. The van der Waals surface area contributed by atoms with Crippen LogP contribution in [0, 0.1) is 17.3 Å². The fourth-order valence-electron chi connectivity index (χ4n) is 5.63. The zero-order valence-electron chi connectivity index (χ0n) is 14.6. The molecule has 2 saturated carbocycles. The van der Waals surface area contributed by atoms with Gasteiger partial charge in [0.15, 0.2) is 0 Å². The molecule has 25 heavy (non-hydrogen) atoms. The van der Waals surface area contributed by atoms with Gasteiger partial charge in [0.05, 0.1) is 6.10 Å². The number of aryl methyl sites for hydroxylation is 1. The third-order valence-electron chi connectivity index (χ3n) is 6.81. The molecule has 5 nitrogen and oxygen atoms in total. The van der Waals surface area contributed by atoms with Crippen molar-refractivity contribution in [3.63, 3.8) is 0 Å². The smallest absolute Gasteiger partial charge is 0.308 e. The lowest BCUT2D eigenvalue weighted by molar-refractivity contribution is -0.197. The van der Waals surface area contributed by atoms with E-state index >= 15 is 0 Å². The van der Waals surface area contributed by atoms with Crippen LogP contribution in [0.15, 0.2) is 18.2 Å². The van der Waals surface area contributed by atoms with Crippen LogP contribution >= 0.6 is 0 Å². The fourth-order valence-corrected chi connectivity index (χ4v) is 5.63. The van der Waals surface area contributed by atoms with E-state index in [4.69, 9.17) is 4.74 Å². The lowest BCUT2D eigenvalue weighted by Gasteiger charge is -2.55. The van der Waals surface area contributed by atoms with Crippen molar-refractivity contribution in [2.24, 2.45) is 17.3 Å². The number of aliphatic hydroxyl groups excluding tert-OH is 1. The van der Waals surface area contributed by atoms with Gasteiger partial charge in [0.1, 0.15) is 17.1 Å². The third kappa shape index (κ3) is 2.22. The minimum atomic E-state index is -1.34. The van der Waals surface area contributed by atoms with Crippen LogP contribution in [0.3, 0.4) is 0 Å². The molecule has 3 aliphatic rings. The average molecular weight is 344 g/mol. The Balaban J connectivity index is 1.77. The first-order chi connectivity index (χ1) is 11.8. The number of aliphatic hydroxyl groups is 2. The van der Waals surface area contributed by atoms with Crippen LogP contribution in [-0.2, 0) is 21.6 Å². The standard InChI is InChI=1S/C20H24O5/c1-11(21)25-13-4-6-14-12(9-13)3-5-16-15-7-8-17(22)19(15,2)10-18(23)20(14,16)24/h4,6,9,15-16,18,23-24H,3,5,7-8,10H2,1-2H3/t15-,16+,18-,19+,20-/m0/s1. The second-order valence-electron chi connectivity index (χ2n) is 8.09. The van der Waals surface area contributed by atoms with Crippen molar-refractivity contribution in [1.29, 1.82) is 0 Å². The van der Waals surface area contributed by atoms with Crippen molar-refractivity contribution >= 4 is 11.8 Å². The molecular formula is C20H24O5. The summed E-state index contributed by atoms with van der Waals surface area (Å²) in [5, 5.41) is 22.4. The number of hydrogen-bond donors (Lipinski definition) is 2. The highest BCUT2D eigenvalue weighted by Gasteiger charge is 2.63. The number of Topliss-reactive ketones (excluding diaryl/α,β-unsaturated/α-hetero) is 1. The predicted molar refractivity (Wildman–Crippen MR) is 89.9 cm³/mol. The van der Waals surface area contributed by atoms with Crippen molar-refractivity contribution in [2.45, 2.75) is 57.7 Å². The molecule has 0 heterocycles. The minimum Gasteiger partial charge on any atom is -0.427 e. The molecule has 0 spiro atoms. The Hall–Kier alpha value is -1.72. The highest BCUT2D eigenvalue weighted by atomic mass is 16.5. The summed E-state index contributed by atoms with van der Waals surface area (Å²) in [6.07, 6.45) is 2.12. The Kier molecular flexibility index (Phi) is 3.61. The molecule has 5 atom stereocenters. The number of benzene rings is 1. The van der Waals surface area contributed by atoms with E-state index in [0.29, 0.717) is 24.2 Å². The van der Waals surface area contributed by atoms with Gasteiger partial charge in [0, 0.05) is 18.8 Å². The Morgan fingerprint density at radius 1 is 1.24 bits per heavy atom. The Morgan fingerprint density at radius 2 is 1.96 bits per heavy atom. The number of carbonyl (C=O) groups excluding carboxylic acids is 2. The van der Waals surface area contributed by atoms with Crippen LogP contribution in [0.5, 0.6) is 5.75 Å². The maximum Gasteiger partial charge on any atom is 0.308 e. The SMILES string of the molecule is CC(=O)Oc1ccc2c(c1)CC[C@@H]1[C@@H]3CCC(=O)[C@]3(C)C[C@H](O)[C@]21O. The summed E-state index contributed by atoms with van der Waals surface area (Å²) in [5.74, 6) is 0.272. The largest absolute Gasteiger partial charge is 0.427 e. The monoisotopic (exact) mass is 344 g/mol. The van der Waals surface area contributed by atoms with Gasteiger partial charge >= 0.3 is 5.97 Å². The molecule has 2 fully saturated rings. The number of ketones is 1. The molecule has 134 valence electrons. The molecule has 0 unspecified atom stereocenters. The average Bonchev–Trinajstić information content (AvgIpc) is 2.82. The van der Waals surface area contributed by atoms with Crippen LogP contribution in [0.1, 0.15) is 50.7 Å². The summed E-state index contributed by atoms with van der Waals surface area (Å²) in [5.41, 5.74) is -0.235. The summed E-state index contributed by atoms with van der Waals surface area (Å²) >= 11 is 0. The molecule has 0 radical (unpaired) electrons. The van der Waals surface area contributed by atoms with Crippen molar-refractivity contribution in [1.82, 2.24) is 0 Å². The summed E-state index contributed by atoms with van der Waals surface area (Å²) in [6.45, 7) is 3.31. The molecule has 2 N–H and O–H groups in total. The maximum atomic E-state index is 12.4. The number of rotatable bonds is 1. The fraction of sp³-hybridized carbons (Fsp3) is 0.600. The van der Waals surface area contributed by atoms with Crippen LogP contribution in [0.2, 0.25) is 0 Å². The van der Waals surface area contributed by atoms with Crippen molar-refractivity contribution in [3.05, 3.63) is 29.3 Å². The number of carbonyl (C=O) groups is 2. The zero-order chi connectivity index (χ0) is 18.0. The molecular weight excluding hydrogens is 320 g/mol. The van der Waals surface area contributed by atoms with E-state index < -0.39 is 17.1 Å². The Morgan fingerprint density at radius 3 is 2.68 bits per heavy atom. The van der Waals surface area contributed by atoms with E-state index in [1.54, 1.807) is 18.2 Å². The lowest BCUT2D eigenvalue weighted by atomic mass is 9.52. The van der Waals surface area contributed by atoms with Gasteiger partial charge in [-0.05, 0) is 60.8 Å². The second-order valence-corrected chi connectivity index (χ2v) is 8.09. The van der Waals surface area contributed by atoms with Gasteiger partial charge in [-0.3, -0.25) is 9.59 Å².